The number of hydrogen-bond donors (Lipinski definition) is 1. The van der Waals surface area contributed by atoms with Crippen molar-refractivity contribution in [3.63, 3.8) is 0 Å². The van der Waals surface area contributed by atoms with Crippen LogP contribution in [0.15, 0.2) is 47.4 Å². The van der Waals surface area contributed by atoms with Crippen molar-refractivity contribution < 1.29 is 22.7 Å². The van der Waals surface area contributed by atoms with Gasteiger partial charge in [0.25, 0.3) is 5.91 Å². The number of carbonyl (C=O) groups is 2. The van der Waals surface area contributed by atoms with Crippen LogP contribution in [0.1, 0.15) is 41.5 Å². The lowest BCUT2D eigenvalue weighted by Gasteiger charge is -2.31. The number of Topliss-reactive ketones (excluding diaryl/α,β-unsaturated/α-hetero) is 1. The Bertz CT molecular complexity index is 1090. The molecule has 0 aliphatic carbocycles. The number of sulfonamides is 1. The molecule has 1 aliphatic rings. The van der Waals surface area contributed by atoms with Gasteiger partial charge in [0.15, 0.2) is 5.78 Å². The SMILES string of the molecule is CCN(CC)S(=O)(=O)c1ccc(N2CCOCC2)c(C(=O)Nc2ccccc2C(C)=O)c1. The van der Waals surface area contributed by atoms with Gasteiger partial charge in [0.05, 0.1) is 29.4 Å². The third-order valence-electron chi connectivity index (χ3n) is 5.46. The smallest absolute Gasteiger partial charge is 0.257 e. The summed E-state index contributed by atoms with van der Waals surface area (Å²) >= 11 is 0. The summed E-state index contributed by atoms with van der Waals surface area (Å²) in [4.78, 5) is 27.4. The van der Waals surface area contributed by atoms with E-state index in [9.17, 15) is 18.0 Å². The van der Waals surface area contributed by atoms with Crippen LogP contribution in [0.2, 0.25) is 0 Å². The number of para-hydroxylation sites is 1. The molecule has 172 valence electrons. The minimum Gasteiger partial charge on any atom is -0.378 e. The molecule has 0 atom stereocenters. The highest BCUT2D eigenvalue weighted by molar-refractivity contribution is 7.89. The lowest BCUT2D eigenvalue weighted by molar-refractivity contribution is 0.101. The van der Waals surface area contributed by atoms with Gasteiger partial charge >= 0.3 is 0 Å². The quantitative estimate of drug-likeness (QED) is 0.610. The third-order valence-corrected chi connectivity index (χ3v) is 7.51. The largest absolute Gasteiger partial charge is 0.378 e. The molecule has 0 spiro atoms. The van der Waals surface area contributed by atoms with Gasteiger partial charge in [-0.25, -0.2) is 8.42 Å². The van der Waals surface area contributed by atoms with E-state index in [1.54, 1.807) is 50.2 Å². The zero-order chi connectivity index (χ0) is 23.3. The molecule has 1 N–H and O–H groups in total. The van der Waals surface area contributed by atoms with Gasteiger partial charge in [0.1, 0.15) is 0 Å². The van der Waals surface area contributed by atoms with E-state index in [1.165, 1.54) is 17.3 Å². The Kier molecular flexibility index (Phi) is 7.65. The van der Waals surface area contributed by atoms with E-state index in [-0.39, 0.29) is 16.2 Å². The standard InChI is InChI=1S/C23H29N3O5S/c1-4-26(5-2)32(29,30)18-10-11-22(25-12-14-31-15-13-25)20(16-18)23(28)24-21-9-7-6-8-19(21)17(3)27/h6-11,16H,4-5,12-15H2,1-3H3,(H,24,28). The summed E-state index contributed by atoms with van der Waals surface area (Å²) in [6, 6.07) is 11.4. The fourth-order valence-electron chi connectivity index (χ4n) is 3.74. The van der Waals surface area contributed by atoms with Crippen molar-refractivity contribution in [1.82, 2.24) is 4.31 Å². The molecule has 0 saturated carbocycles. The minimum atomic E-state index is -3.74. The Morgan fingerprint density at radius 1 is 1.03 bits per heavy atom. The summed E-state index contributed by atoms with van der Waals surface area (Å²) in [5.41, 5.74) is 1.64. The summed E-state index contributed by atoms with van der Waals surface area (Å²) < 4.78 is 32.9. The van der Waals surface area contributed by atoms with E-state index < -0.39 is 15.9 Å². The van der Waals surface area contributed by atoms with Crippen LogP contribution >= 0.6 is 0 Å². The van der Waals surface area contributed by atoms with E-state index in [2.05, 4.69) is 5.32 Å². The van der Waals surface area contributed by atoms with Crippen LogP contribution < -0.4 is 10.2 Å². The lowest BCUT2D eigenvalue weighted by atomic mass is 10.1. The molecule has 1 fully saturated rings. The molecule has 1 heterocycles. The fraction of sp³-hybridized carbons (Fsp3) is 0.391. The maximum absolute atomic E-state index is 13.4. The summed E-state index contributed by atoms with van der Waals surface area (Å²) in [5.74, 6) is -0.649. The predicted molar refractivity (Wildman–Crippen MR) is 124 cm³/mol. The number of ether oxygens (including phenoxy) is 1. The summed E-state index contributed by atoms with van der Waals surface area (Å²) in [7, 11) is -3.74. The van der Waals surface area contributed by atoms with Crippen LogP contribution in [0.3, 0.4) is 0 Å². The first-order valence-electron chi connectivity index (χ1n) is 10.7. The van der Waals surface area contributed by atoms with Crippen molar-refractivity contribution in [1.29, 1.82) is 0 Å². The number of anilines is 2. The number of morpholine rings is 1. The zero-order valence-electron chi connectivity index (χ0n) is 18.6. The van der Waals surface area contributed by atoms with E-state index in [0.29, 0.717) is 56.3 Å². The van der Waals surface area contributed by atoms with E-state index >= 15 is 0 Å². The Morgan fingerprint density at radius 3 is 2.31 bits per heavy atom. The van der Waals surface area contributed by atoms with Crippen LogP contribution in [0.5, 0.6) is 0 Å². The number of benzene rings is 2. The average Bonchev–Trinajstić information content (AvgIpc) is 2.80. The van der Waals surface area contributed by atoms with Crippen LogP contribution in [0, 0.1) is 0 Å². The van der Waals surface area contributed by atoms with Crippen molar-refractivity contribution in [2.45, 2.75) is 25.7 Å². The second kappa shape index (κ2) is 10.2. The van der Waals surface area contributed by atoms with Crippen LogP contribution in [-0.2, 0) is 14.8 Å². The Morgan fingerprint density at radius 2 is 1.69 bits per heavy atom. The van der Waals surface area contributed by atoms with E-state index in [4.69, 9.17) is 4.74 Å². The van der Waals surface area contributed by atoms with Crippen molar-refractivity contribution in [3.05, 3.63) is 53.6 Å². The second-order valence-electron chi connectivity index (χ2n) is 7.42. The molecule has 0 aromatic heterocycles. The van der Waals surface area contributed by atoms with Gasteiger partial charge < -0.3 is 15.0 Å². The fourth-order valence-corrected chi connectivity index (χ4v) is 5.22. The predicted octanol–water partition coefficient (Wildman–Crippen LogP) is 3.01. The van der Waals surface area contributed by atoms with Gasteiger partial charge in [0, 0.05) is 37.4 Å². The number of nitrogens with zero attached hydrogens (tertiary/aromatic N) is 2. The zero-order valence-corrected chi connectivity index (χ0v) is 19.4. The van der Waals surface area contributed by atoms with Gasteiger partial charge in [0.2, 0.25) is 10.0 Å². The van der Waals surface area contributed by atoms with E-state index in [0.717, 1.165) is 0 Å². The monoisotopic (exact) mass is 459 g/mol. The molecule has 1 saturated heterocycles. The maximum Gasteiger partial charge on any atom is 0.257 e. The molecule has 2 aromatic carbocycles. The van der Waals surface area contributed by atoms with E-state index in [1.807, 2.05) is 4.90 Å². The second-order valence-corrected chi connectivity index (χ2v) is 9.36. The molecular weight excluding hydrogens is 430 g/mol. The topological polar surface area (TPSA) is 96.0 Å². The lowest BCUT2D eigenvalue weighted by Crippen LogP contribution is -2.37. The number of nitrogens with one attached hydrogen (secondary N) is 1. The molecule has 8 nitrogen and oxygen atoms in total. The van der Waals surface area contributed by atoms with Crippen molar-refractivity contribution in [3.8, 4) is 0 Å². The van der Waals surface area contributed by atoms with Crippen molar-refractivity contribution >= 4 is 33.1 Å². The molecule has 9 heteroatoms. The molecule has 32 heavy (non-hydrogen) atoms. The van der Waals surface area contributed by atoms with Crippen LogP contribution in [-0.4, -0.2) is 63.8 Å². The van der Waals surface area contributed by atoms with Gasteiger partial charge in [-0.1, -0.05) is 26.0 Å². The number of hydrogen-bond acceptors (Lipinski definition) is 6. The average molecular weight is 460 g/mol. The number of ketones is 1. The molecule has 3 rings (SSSR count). The molecule has 0 bridgehead atoms. The number of carbonyl (C=O) groups excluding carboxylic acids is 2. The van der Waals surface area contributed by atoms with Gasteiger partial charge in [-0.15, -0.1) is 0 Å². The van der Waals surface area contributed by atoms with Gasteiger partial charge in [-0.3, -0.25) is 9.59 Å². The van der Waals surface area contributed by atoms with Crippen LogP contribution in [0.4, 0.5) is 11.4 Å². The normalized spacial score (nSPS) is 14.4. The van der Waals surface area contributed by atoms with Crippen molar-refractivity contribution in [2.24, 2.45) is 0 Å². The maximum atomic E-state index is 13.4. The third kappa shape index (κ3) is 5.01. The first-order chi connectivity index (χ1) is 15.3. The number of amides is 1. The Labute approximate surface area is 189 Å². The summed E-state index contributed by atoms with van der Waals surface area (Å²) in [5, 5.41) is 2.80. The number of rotatable bonds is 8. The molecule has 1 aliphatic heterocycles. The molecule has 0 radical (unpaired) electrons. The highest BCUT2D eigenvalue weighted by Gasteiger charge is 2.26. The highest BCUT2D eigenvalue weighted by Crippen LogP contribution is 2.28. The van der Waals surface area contributed by atoms with Gasteiger partial charge in [-0.05, 0) is 37.3 Å². The molecular formula is C23H29N3O5S. The first kappa shape index (κ1) is 23.9. The Hall–Kier alpha value is -2.75. The summed E-state index contributed by atoms with van der Waals surface area (Å²) in [6.07, 6.45) is 0. The van der Waals surface area contributed by atoms with Crippen LogP contribution in [0.25, 0.3) is 0 Å². The molecule has 0 unspecified atom stereocenters. The first-order valence-corrected chi connectivity index (χ1v) is 12.1. The Balaban J connectivity index is 2.06. The summed E-state index contributed by atoms with van der Waals surface area (Å²) in [6.45, 7) is 7.86. The van der Waals surface area contributed by atoms with Gasteiger partial charge in [-0.2, -0.15) is 4.31 Å². The van der Waals surface area contributed by atoms with Crippen molar-refractivity contribution in [2.75, 3.05) is 49.6 Å². The molecule has 1 amide bonds. The highest BCUT2D eigenvalue weighted by atomic mass is 32.2. The molecule has 2 aromatic rings. The minimum absolute atomic E-state index is 0.0585.